The molecule has 0 spiro atoms. The van der Waals surface area contributed by atoms with E-state index in [1.807, 2.05) is 13.8 Å². The molecule has 0 saturated heterocycles. The van der Waals surface area contributed by atoms with Crippen LogP contribution in [-0.4, -0.2) is 37.0 Å². The number of hydrogen-bond acceptors (Lipinski definition) is 3. The summed E-state index contributed by atoms with van der Waals surface area (Å²) < 4.78 is 0. The first-order chi connectivity index (χ1) is 5.67. The number of nitrogens with one attached hydrogen (secondary N) is 1. The van der Waals surface area contributed by atoms with Crippen LogP contribution >= 0.6 is 0 Å². The van der Waals surface area contributed by atoms with Gasteiger partial charge in [0.05, 0.1) is 7.11 Å². The SMILES string of the molecule is CCN(CC)C(=O)C(C)NOC. The molecule has 4 heteroatoms. The van der Waals surface area contributed by atoms with Crippen molar-refractivity contribution in [3.05, 3.63) is 0 Å². The first kappa shape index (κ1) is 11.4. The molecular weight excluding hydrogens is 156 g/mol. The molecule has 0 aliphatic heterocycles. The molecule has 0 aromatic carbocycles. The van der Waals surface area contributed by atoms with Crippen molar-refractivity contribution in [3.8, 4) is 0 Å². The summed E-state index contributed by atoms with van der Waals surface area (Å²) in [6.45, 7) is 7.18. The number of rotatable bonds is 5. The molecule has 0 heterocycles. The Bertz CT molecular complexity index is 135. The molecule has 12 heavy (non-hydrogen) atoms. The average Bonchev–Trinajstić information content (AvgIpc) is 2.07. The van der Waals surface area contributed by atoms with Crippen molar-refractivity contribution in [3.63, 3.8) is 0 Å². The van der Waals surface area contributed by atoms with Gasteiger partial charge in [0.2, 0.25) is 5.91 Å². The molecule has 0 saturated carbocycles. The zero-order chi connectivity index (χ0) is 9.56. The fraction of sp³-hybridized carbons (Fsp3) is 0.875. The highest BCUT2D eigenvalue weighted by Gasteiger charge is 2.16. The lowest BCUT2D eigenvalue weighted by atomic mass is 10.3. The van der Waals surface area contributed by atoms with Crippen LogP contribution in [0.2, 0.25) is 0 Å². The van der Waals surface area contributed by atoms with Crippen LogP contribution in [0.15, 0.2) is 0 Å². The lowest BCUT2D eigenvalue weighted by molar-refractivity contribution is -0.136. The second kappa shape index (κ2) is 5.97. The van der Waals surface area contributed by atoms with Crippen LogP contribution in [-0.2, 0) is 9.63 Å². The van der Waals surface area contributed by atoms with E-state index < -0.39 is 0 Å². The van der Waals surface area contributed by atoms with Crippen molar-refractivity contribution in [2.75, 3.05) is 20.2 Å². The van der Waals surface area contributed by atoms with E-state index >= 15 is 0 Å². The maximum absolute atomic E-state index is 11.5. The van der Waals surface area contributed by atoms with Gasteiger partial charge >= 0.3 is 0 Å². The van der Waals surface area contributed by atoms with E-state index in [2.05, 4.69) is 10.3 Å². The van der Waals surface area contributed by atoms with Gasteiger partial charge in [0.25, 0.3) is 0 Å². The maximum Gasteiger partial charge on any atom is 0.241 e. The van der Waals surface area contributed by atoms with Crippen molar-refractivity contribution in [2.24, 2.45) is 0 Å². The molecule has 0 radical (unpaired) electrons. The monoisotopic (exact) mass is 174 g/mol. The summed E-state index contributed by atoms with van der Waals surface area (Å²) in [6.07, 6.45) is 0. The van der Waals surface area contributed by atoms with E-state index in [4.69, 9.17) is 0 Å². The van der Waals surface area contributed by atoms with E-state index in [1.54, 1.807) is 11.8 Å². The molecule has 72 valence electrons. The van der Waals surface area contributed by atoms with E-state index in [0.717, 1.165) is 13.1 Å². The van der Waals surface area contributed by atoms with Crippen molar-refractivity contribution in [1.29, 1.82) is 0 Å². The van der Waals surface area contributed by atoms with Crippen LogP contribution in [0.25, 0.3) is 0 Å². The van der Waals surface area contributed by atoms with Gasteiger partial charge in [0.15, 0.2) is 0 Å². The lowest BCUT2D eigenvalue weighted by Crippen LogP contribution is -2.44. The van der Waals surface area contributed by atoms with Gasteiger partial charge in [-0.15, -0.1) is 0 Å². The Kier molecular flexibility index (Phi) is 5.66. The topological polar surface area (TPSA) is 41.6 Å². The molecule has 0 aliphatic carbocycles. The number of nitrogens with zero attached hydrogens (tertiary/aromatic N) is 1. The van der Waals surface area contributed by atoms with Gasteiger partial charge in [0, 0.05) is 13.1 Å². The molecule has 0 fully saturated rings. The second-order valence-corrected chi connectivity index (χ2v) is 2.55. The van der Waals surface area contributed by atoms with Crippen LogP contribution in [0.1, 0.15) is 20.8 Å². The van der Waals surface area contributed by atoms with Crippen LogP contribution in [0.5, 0.6) is 0 Å². The maximum atomic E-state index is 11.5. The fourth-order valence-electron chi connectivity index (χ4n) is 1.04. The number of hydrogen-bond donors (Lipinski definition) is 1. The Balaban J connectivity index is 3.97. The molecule has 1 amide bonds. The smallest absolute Gasteiger partial charge is 0.241 e. The standard InChI is InChI=1S/C8H18N2O2/c1-5-10(6-2)8(11)7(3)9-12-4/h7,9H,5-6H2,1-4H3. The Hall–Kier alpha value is -0.610. The minimum atomic E-state index is -0.269. The van der Waals surface area contributed by atoms with Crippen LogP contribution < -0.4 is 5.48 Å². The molecule has 1 atom stereocenters. The summed E-state index contributed by atoms with van der Waals surface area (Å²) >= 11 is 0. The fourth-order valence-corrected chi connectivity index (χ4v) is 1.04. The van der Waals surface area contributed by atoms with Gasteiger partial charge in [-0.2, -0.15) is 5.48 Å². The molecule has 1 unspecified atom stereocenters. The Morgan fingerprint density at radius 3 is 2.33 bits per heavy atom. The second-order valence-electron chi connectivity index (χ2n) is 2.55. The summed E-state index contributed by atoms with van der Waals surface area (Å²) in [5, 5.41) is 0. The van der Waals surface area contributed by atoms with Gasteiger partial charge in [-0.1, -0.05) is 0 Å². The number of likely N-dealkylation sites (N-methyl/N-ethyl adjacent to an activating group) is 1. The Labute approximate surface area is 73.8 Å². The average molecular weight is 174 g/mol. The lowest BCUT2D eigenvalue weighted by Gasteiger charge is -2.22. The van der Waals surface area contributed by atoms with Gasteiger partial charge in [0.1, 0.15) is 6.04 Å². The minimum absolute atomic E-state index is 0.0712. The molecule has 4 nitrogen and oxygen atoms in total. The Morgan fingerprint density at radius 1 is 1.50 bits per heavy atom. The zero-order valence-corrected chi connectivity index (χ0v) is 8.26. The van der Waals surface area contributed by atoms with Gasteiger partial charge in [-0.05, 0) is 20.8 Å². The van der Waals surface area contributed by atoms with Crippen molar-refractivity contribution in [1.82, 2.24) is 10.4 Å². The highest BCUT2D eigenvalue weighted by Crippen LogP contribution is 1.93. The number of carbonyl (C=O) groups is 1. The number of carbonyl (C=O) groups excluding carboxylic acids is 1. The zero-order valence-electron chi connectivity index (χ0n) is 8.26. The summed E-state index contributed by atoms with van der Waals surface area (Å²) in [7, 11) is 1.51. The van der Waals surface area contributed by atoms with E-state index in [-0.39, 0.29) is 11.9 Å². The highest BCUT2D eigenvalue weighted by atomic mass is 16.6. The largest absolute Gasteiger partial charge is 0.342 e. The highest BCUT2D eigenvalue weighted by molar-refractivity contribution is 5.81. The normalized spacial score (nSPS) is 12.7. The summed E-state index contributed by atoms with van der Waals surface area (Å²) in [6, 6.07) is -0.269. The molecule has 0 aromatic rings. The van der Waals surface area contributed by atoms with Crippen LogP contribution in [0, 0.1) is 0 Å². The summed E-state index contributed by atoms with van der Waals surface area (Å²) in [4.78, 5) is 17.9. The molecule has 1 N–H and O–H groups in total. The van der Waals surface area contributed by atoms with E-state index in [9.17, 15) is 4.79 Å². The molecule has 0 bridgehead atoms. The molecule has 0 aromatic heterocycles. The Morgan fingerprint density at radius 2 is 2.00 bits per heavy atom. The number of amides is 1. The molecular formula is C8H18N2O2. The first-order valence-corrected chi connectivity index (χ1v) is 4.24. The van der Waals surface area contributed by atoms with Crippen molar-refractivity contribution in [2.45, 2.75) is 26.8 Å². The number of hydroxylamine groups is 1. The van der Waals surface area contributed by atoms with E-state index in [1.165, 1.54) is 7.11 Å². The first-order valence-electron chi connectivity index (χ1n) is 4.24. The predicted molar refractivity (Wildman–Crippen MR) is 47.5 cm³/mol. The predicted octanol–water partition coefficient (Wildman–Crippen LogP) is 0.394. The van der Waals surface area contributed by atoms with Gasteiger partial charge in [-0.25, -0.2) is 0 Å². The third-order valence-corrected chi connectivity index (χ3v) is 1.74. The molecule has 0 aliphatic rings. The third-order valence-electron chi connectivity index (χ3n) is 1.74. The van der Waals surface area contributed by atoms with Crippen LogP contribution in [0.3, 0.4) is 0 Å². The van der Waals surface area contributed by atoms with Crippen molar-refractivity contribution >= 4 is 5.91 Å². The molecule has 0 rings (SSSR count). The quantitative estimate of drug-likeness (QED) is 0.613. The summed E-state index contributed by atoms with van der Waals surface area (Å²) in [5.74, 6) is 0.0712. The van der Waals surface area contributed by atoms with E-state index in [0.29, 0.717) is 0 Å². The van der Waals surface area contributed by atoms with Crippen LogP contribution in [0.4, 0.5) is 0 Å². The summed E-state index contributed by atoms with van der Waals surface area (Å²) in [5.41, 5.74) is 2.60. The minimum Gasteiger partial charge on any atom is -0.342 e. The van der Waals surface area contributed by atoms with Gasteiger partial charge in [-0.3, -0.25) is 4.79 Å². The third kappa shape index (κ3) is 3.19. The van der Waals surface area contributed by atoms with Crippen molar-refractivity contribution < 1.29 is 9.63 Å². The van der Waals surface area contributed by atoms with Gasteiger partial charge < -0.3 is 9.74 Å².